The van der Waals surface area contributed by atoms with Crippen LogP contribution in [-0.4, -0.2) is 5.78 Å². The van der Waals surface area contributed by atoms with Gasteiger partial charge < -0.3 is 0 Å². The smallest absolute Gasteiger partial charge is 0.152 e. The van der Waals surface area contributed by atoms with Crippen LogP contribution in [0.4, 0.5) is 4.39 Å². The first-order valence-electron chi connectivity index (χ1n) is 5.20. The summed E-state index contributed by atoms with van der Waals surface area (Å²) >= 11 is 1.46. The lowest BCUT2D eigenvalue weighted by Gasteiger charge is -1.97. The molecule has 1 heterocycles. The number of benzene rings is 1. The van der Waals surface area contributed by atoms with Gasteiger partial charge in [0.05, 0.1) is 0 Å². The van der Waals surface area contributed by atoms with Gasteiger partial charge in [-0.3, -0.25) is 4.79 Å². The molecule has 1 aromatic heterocycles. The Kier molecular flexibility index (Phi) is 3.49. The highest BCUT2D eigenvalue weighted by atomic mass is 32.1. The molecule has 0 N–H and O–H groups in total. The Morgan fingerprint density at radius 3 is 2.71 bits per heavy atom. The van der Waals surface area contributed by atoms with Gasteiger partial charge in [0.15, 0.2) is 5.78 Å². The van der Waals surface area contributed by atoms with Crippen LogP contribution in [0.5, 0.6) is 0 Å². The number of hydrogen-bond donors (Lipinski definition) is 0. The second-order valence-corrected chi connectivity index (χ2v) is 4.74. The Morgan fingerprint density at radius 2 is 2.00 bits per heavy atom. The Bertz CT molecular complexity index is 569. The van der Waals surface area contributed by atoms with Crippen molar-refractivity contribution in [1.82, 2.24) is 0 Å². The molecule has 0 amide bonds. The summed E-state index contributed by atoms with van der Waals surface area (Å²) in [5.74, 6) is -0.220. The third kappa shape index (κ3) is 2.88. The molecular weight excluding hydrogens is 235 g/mol. The normalized spacial score (nSPS) is 10.9. The molecule has 0 fully saturated rings. The monoisotopic (exact) mass is 246 g/mol. The van der Waals surface area contributed by atoms with Crippen molar-refractivity contribution in [2.75, 3.05) is 0 Å². The van der Waals surface area contributed by atoms with Crippen LogP contribution in [-0.2, 0) is 4.79 Å². The Balaban J connectivity index is 2.30. The first-order chi connectivity index (χ1) is 8.16. The zero-order chi connectivity index (χ0) is 12.3. The number of thiophene rings is 1. The van der Waals surface area contributed by atoms with Gasteiger partial charge in [-0.1, -0.05) is 18.2 Å². The minimum atomic E-state index is -0.226. The third-order valence-corrected chi connectivity index (χ3v) is 3.33. The molecule has 17 heavy (non-hydrogen) atoms. The molecule has 0 aliphatic heterocycles. The van der Waals surface area contributed by atoms with E-state index < -0.39 is 0 Å². The van der Waals surface area contributed by atoms with Crippen molar-refractivity contribution in [3.63, 3.8) is 0 Å². The fraction of sp³-hybridized carbons (Fsp3) is 0.0714. The number of ketones is 1. The number of rotatable bonds is 3. The summed E-state index contributed by atoms with van der Waals surface area (Å²) in [7, 11) is 0. The van der Waals surface area contributed by atoms with Crippen molar-refractivity contribution in [3.8, 4) is 10.4 Å². The molecule has 0 radical (unpaired) electrons. The van der Waals surface area contributed by atoms with Gasteiger partial charge in [-0.15, -0.1) is 11.3 Å². The highest BCUT2D eigenvalue weighted by molar-refractivity contribution is 7.16. The van der Waals surface area contributed by atoms with Crippen LogP contribution in [0, 0.1) is 5.82 Å². The van der Waals surface area contributed by atoms with Crippen LogP contribution < -0.4 is 0 Å². The van der Waals surface area contributed by atoms with Crippen molar-refractivity contribution in [1.29, 1.82) is 0 Å². The molecule has 0 spiro atoms. The van der Waals surface area contributed by atoms with Crippen LogP contribution in [0.1, 0.15) is 11.8 Å². The lowest BCUT2D eigenvalue weighted by Crippen LogP contribution is -1.78. The van der Waals surface area contributed by atoms with Crippen LogP contribution in [0.25, 0.3) is 16.5 Å². The van der Waals surface area contributed by atoms with E-state index in [0.29, 0.717) is 5.56 Å². The summed E-state index contributed by atoms with van der Waals surface area (Å²) in [6, 6.07) is 10.4. The molecule has 1 aromatic carbocycles. The molecule has 0 aliphatic carbocycles. The SMILES string of the molecule is CC(=O)C=Cc1ccc(-c2ccccc2F)s1. The number of allylic oxidation sites excluding steroid dienone is 1. The molecular formula is C14H11FOS. The zero-order valence-corrected chi connectivity index (χ0v) is 10.1. The van der Waals surface area contributed by atoms with Gasteiger partial charge in [0.1, 0.15) is 5.82 Å². The van der Waals surface area contributed by atoms with Gasteiger partial charge in [0, 0.05) is 15.3 Å². The minimum absolute atomic E-state index is 0.00541. The molecule has 2 rings (SSSR count). The van der Waals surface area contributed by atoms with Crippen molar-refractivity contribution in [2.45, 2.75) is 6.92 Å². The van der Waals surface area contributed by atoms with Crippen LogP contribution in [0.3, 0.4) is 0 Å². The Morgan fingerprint density at radius 1 is 1.24 bits per heavy atom. The van der Waals surface area contributed by atoms with E-state index in [-0.39, 0.29) is 11.6 Å². The van der Waals surface area contributed by atoms with Gasteiger partial charge in [-0.25, -0.2) is 4.39 Å². The number of hydrogen-bond acceptors (Lipinski definition) is 2. The Hall–Kier alpha value is -1.74. The van der Waals surface area contributed by atoms with E-state index in [2.05, 4.69) is 0 Å². The van der Waals surface area contributed by atoms with E-state index in [1.54, 1.807) is 18.2 Å². The van der Waals surface area contributed by atoms with Gasteiger partial charge >= 0.3 is 0 Å². The first kappa shape index (κ1) is 11.7. The van der Waals surface area contributed by atoms with Crippen molar-refractivity contribution in [2.24, 2.45) is 0 Å². The zero-order valence-electron chi connectivity index (χ0n) is 9.31. The largest absolute Gasteiger partial charge is 0.295 e. The molecule has 0 atom stereocenters. The van der Waals surface area contributed by atoms with E-state index in [0.717, 1.165) is 9.75 Å². The molecule has 0 bridgehead atoms. The topological polar surface area (TPSA) is 17.1 Å². The highest BCUT2D eigenvalue weighted by Gasteiger charge is 2.05. The van der Waals surface area contributed by atoms with Gasteiger partial charge in [0.2, 0.25) is 0 Å². The lowest BCUT2D eigenvalue weighted by molar-refractivity contribution is -0.112. The second kappa shape index (κ2) is 5.06. The molecule has 0 unspecified atom stereocenters. The standard InChI is InChI=1S/C14H11FOS/c1-10(16)6-7-11-8-9-14(17-11)12-4-2-3-5-13(12)15/h2-9H,1H3. The maximum absolute atomic E-state index is 13.5. The lowest BCUT2D eigenvalue weighted by atomic mass is 10.2. The minimum Gasteiger partial charge on any atom is -0.295 e. The summed E-state index contributed by atoms with van der Waals surface area (Å²) in [5.41, 5.74) is 0.597. The highest BCUT2D eigenvalue weighted by Crippen LogP contribution is 2.30. The van der Waals surface area contributed by atoms with E-state index in [9.17, 15) is 9.18 Å². The average molecular weight is 246 g/mol. The molecule has 0 saturated carbocycles. The molecule has 1 nitrogen and oxygen atoms in total. The van der Waals surface area contributed by atoms with Gasteiger partial charge in [0.25, 0.3) is 0 Å². The van der Waals surface area contributed by atoms with Gasteiger partial charge in [-0.05, 0) is 37.3 Å². The maximum Gasteiger partial charge on any atom is 0.152 e. The Labute approximate surface area is 103 Å². The van der Waals surface area contributed by atoms with Crippen molar-refractivity contribution in [3.05, 3.63) is 53.2 Å². The molecule has 86 valence electrons. The quantitative estimate of drug-likeness (QED) is 0.743. The summed E-state index contributed by atoms with van der Waals surface area (Å²) in [5, 5.41) is 0. The molecule has 0 saturated heterocycles. The van der Waals surface area contributed by atoms with Crippen LogP contribution in [0.15, 0.2) is 42.5 Å². The summed E-state index contributed by atoms with van der Waals surface area (Å²) < 4.78 is 13.5. The van der Waals surface area contributed by atoms with Crippen molar-refractivity contribution < 1.29 is 9.18 Å². The third-order valence-electron chi connectivity index (χ3n) is 2.25. The van der Waals surface area contributed by atoms with E-state index in [1.807, 2.05) is 18.2 Å². The first-order valence-corrected chi connectivity index (χ1v) is 6.02. The summed E-state index contributed by atoms with van der Waals surface area (Å²) in [6.45, 7) is 1.50. The fourth-order valence-electron chi connectivity index (χ4n) is 1.45. The number of carbonyl (C=O) groups excluding carboxylic acids is 1. The molecule has 0 aliphatic rings. The molecule has 2 aromatic rings. The van der Waals surface area contributed by atoms with Crippen LogP contribution >= 0.6 is 11.3 Å². The average Bonchev–Trinajstić information content (AvgIpc) is 2.75. The summed E-state index contributed by atoms with van der Waals surface area (Å²) in [6.07, 6.45) is 3.26. The fourth-order valence-corrected chi connectivity index (χ4v) is 2.39. The summed E-state index contributed by atoms with van der Waals surface area (Å²) in [4.78, 5) is 12.6. The van der Waals surface area contributed by atoms with Crippen molar-refractivity contribution >= 4 is 23.2 Å². The van der Waals surface area contributed by atoms with Crippen LogP contribution in [0.2, 0.25) is 0 Å². The van der Waals surface area contributed by atoms with E-state index in [4.69, 9.17) is 0 Å². The predicted octanol–water partition coefficient (Wildman–Crippen LogP) is 4.16. The number of carbonyl (C=O) groups is 1. The van der Waals surface area contributed by atoms with Gasteiger partial charge in [-0.2, -0.15) is 0 Å². The molecule has 3 heteroatoms. The van der Waals surface area contributed by atoms with E-state index >= 15 is 0 Å². The van der Waals surface area contributed by atoms with E-state index in [1.165, 1.54) is 30.4 Å². The number of halogens is 1. The second-order valence-electron chi connectivity index (χ2n) is 3.63. The predicted molar refractivity (Wildman–Crippen MR) is 69.4 cm³/mol. The maximum atomic E-state index is 13.5.